The van der Waals surface area contributed by atoms with Crippen LogP contribution in [0, 0.1) is 5.41 Å². The molecule has 0 rings (SSSR count). The minimum Gasteiger partial charge on any atom is -0.291 e. The fourth-order valence-electron chi connectivity index (χ4n) is 0.805. The Bertz CT molecular complexity index is 179. The molecular formula is C9H15ClO2. The highest BCUT2D eigenvalue weighted by Crippen LogP contribution is 2.19. The zero-order chi connectivity index (χ0) is 9.78. The summed E-state index contributed by atoms with van der Waals surface area (Å²) in [6, 6.07) is 0. The molecule has 0 aliphatic heterocycles. The average molecular weight is 191 g/mol. The Labute approximate surface area is 78.3 Å². The highest BCUT2D eigenvalue weighted by molar-refractivity contribution is 6.38. The van der Waals surface area contributed by atoms with Crippen molar-refractivity contribution >= 4 is 23.2 Å². The predicted molar refractivity (Wildman–Crippen MR) is 49.4 cm³/mol. The van der Waals surface area contributed by atoms with Gasteiger partial charge >= 0.3 is 0 Å². The quantitative estimate of drug-likeness (QED) is 0.503. The van der Waals surface area contributed by atoms with Crippen molar-refractivity contribution in [2.75, 3.05) is 5.88 Å². The van der Waals surface area contributed by atoms with Crippen LogP contribution in [0.3, 0.4) is 0 Å². The molecule has 0 atom stereocenters. The summed E-state index contributed by atoms with van der Waals surface area (Å²) in [7, 11) is 0. The Morgan fingerprint density at radius 3 is 2.00 bits per heavy atom. The van der Waals surface area contributed by atoms with Gasteiger partial charge in [-0.1, -0.05) is 20.8 Å². The van der Waals surface area contributed by atoms with Crippen molar-refractivity contribution in [2.24, 2.45) is 5.41 Å². The lowest BCUT2D eigenvalue weighted by Crippen LogP contribution is -2.20. The minimum absolute atomic E-state index is 0.112. The Hall–Kier alpha value is -0.370. The molecule has 0 spiro atoms. The first-order valence-corrected chi connectivity index (χ1v) is 4.52. The van der Waals surface area contributed by atoms with E-state index in [1.807, 2.05) is 20.8 Å². The number of halogens is 1. The van der Waals surface area contributed by atoms with Crippen LogP contribution < -0.4 is 0 Å². The average Bonchev–Trinajstić information content (AvgIpc) is 1.84. The Morgan fingerprint density at radius 2 is 1.67 bits per heavy atom. The minimum atomic E-state index is -0.347. The molecule has 0 bridgehead atoms. The van der Waals surface area contributed by atoms with Gasteiger partial charge < -0.3 is 0 Å². The third-order valence-corrected chi connectivity index (χ3v) is 1.51. The highest BCUT2D eigenvalue weighted by atomic mass is 35.5. The van der Waals surface area contributed by atoms with Gasteiger partial charge in [0.05, 0.1) is 0 Å². The van der Waals surface area contributed by atoms with Crippen molar-refractivity contribution in [1.29, 1.82) is 0 Å². The lowest BCUT2D eigenvalue weighted by Gasteiger charge is -2.15. The van der Waals surface area contributed by atoms with E-state index in [1.54, 1.807) is 0 Å². The van der Waals surface area contributed by atoms with E-state index in [1.165, 1.54) is 0 Å². The van der Waals surface area contributed by atoms with Crippen molar-refractivity contribution in [1.82, 2.24) is 0 Å². The van der Waals surface area contributed by atoms with Gasteiger partial charge in [0.2, 0.25) is 0 Å². The molecule has 0 N–H and O–H groups in total. The van der Waals surface area contributed by atoms with Gasteiger partial charge in [0.15, 0.2) is 11.6 Å². The molecule has 0 fully saturated rings. The molecule has 0 heterocycles. The molecular weight excluding hydrogens is 176 g/mol. The summed E-state index contributed by atoms with van der Waals surface area (Å²) in [5, 5.41) is 0. The first-order valence-electron chi connectivity index (χ1n) is 3.99. The second kappa shape index (κ2) is 4.61. The van der Waals surface area contributed by atoms with E-state index < -0.39 is 0 Å². The van der Waals surface area contributed by atoms with Crippen LogP contribution in [0.25, 0.3) is 0 Å². The molecule has 0 aliphatic rings. The van der Waals surface area contributed by atoms with Gasteiger partial charge in [-0.05, 0) is 5.41 Å². The lowest BCUT2D eigenvalue weighted by molar-refractivity contribution is -0.137. The molecule has 2 nitrogen and oxygen atoms in total. The number of carbonyl (C=O) groups is 2. The Balaban J connectivity index is 3.97. The van der Waals surface area contributed by atoms with Crippen LogP contribution in [0.5, 0.6) is 0 Å². The molecule has 0 amide bonds. The maximum atomic E-state index is 11.1. The van der Waals surface area contributed by atoms with E-state index in [0.717, 1.165) is 0 Å². The first-order chi connectivity index (χ1) is 5.37. The van der Waals surface area contributed by atoms with Gasteiger partial charge in [-0.3, -0.25) is 9.59 Å². The normalized spacial score (nSPS) is 11.3. The monoisotopic (exact) mass is 190 g/mol. The number of hydrogen-bond acceptors (Lipinski definition) is 2. The van der Waals surface area contributed by atoms with Crippen LogP contribution in [0.15, 0.2) is 0 Å². The molecule has 0 aliphatic carbocycles. The Kier molecular flexibility index (Phi) is 4.46. The summed E-state index contributed by atoms with van der Waals surface area (Å²) in [6.45, 7) is 5.79. The number of rotatable bonds is 4. The molecule has 3 heteroatoms. The fourth-order valence-corrected chi connectivity index (χ4v) is 0.977. The van der Waals surface area contributed by atoms with Gasteiger partial charge in [0.1, 0.15) is 0 Å². The first kappa shape index (κ1) is 11.6. The van der Waals surface area contributed by atoms with E-state index in [0.29, 0.717) is 6.42 Å². The zero-order valence-corrected chi connectivity index (χ0v) is 8.57. The molecule has 0 saturated heterocycles. The van der Waals surface area contributed by atoms with Crippen LogP contribution in [0.1, 0.15) is 33.6 Å². The van der Waals surface area contributed by atoms with Crippen LogP contribution >= 0.6 is 11.6 Å². The predicted octanol–water partition coefficient (Wildman–Crippen LogP) is 2.19. The van der Waals surface area contributed by atoms with Crippen molar-refractivity contribution in [3.8, 4) is 0 Å². The van der Waals surface area contributed by atoms with Crippen molar-refractivity contribution in [2.45, 2.75) is 33.6 Å². The molecule has 0 aromatic carbocycles. The number of carbonyl (C=O) groups excluding carboxylic acids is 2. The molecule has 0 radical (unpaired) electrons. The highest BCUT2D eigenvalue weighted by Gasteiger charge is 2.20. The molecule has 12 heavy (non-hydrogen) atoms. The van der Waals surface area contributed by atoms with Gasteiger partial charge in [-0.25, -0.2) is 0 Å². The van der Waals surface area contributed by atoms with Gasteiger partial charge in [-0.2, -0.15) is 0 Å². The fraction of sp³-hybridized carbons (Fsp3) is 0.778. The summed E-state index contributed by atoms with van der Waals surface area (Å²) in [5.41, 5.74) is -0.112. The molecule has 0 aromatic heterocycles. The van der Waals surface area contributed by atoms with Gasteiger partial charge in [-0.15, -0.1) is 11.6 Å². The van der Waals surface area contributed by atoms with Crippen LogP contribution in [-0.4, -0.2) is 17.4 Å². The summed E-state index contributed by atoms with van der Waals surface area (Å²) in [6.07, 6.45) is 0.471. The maximum absolute atomic E-state index is 11.1. The third-order valence-electron chi connectivity index (χ3n) is 1.32. The van der Waals surface area contributed by atoms with Gasteiger partial charge in [0.25, 0.3) is 0 Å². The maximum Gasteiger partial charge on any atom is 0.199 e. The summed E-state index contributed by atoms with van der Waals surface area (Å²) in [4.78, 5) is 22.1. The molecule has 70 valence electrons. The van der Waals surface area contributed by atoms with E-state index >= 15 is 0 Å². The number of Topliss-reactive ketones (excluding diaryl/α,β-unsaturated/α-hetero) is 2. The number of alkyl halides is 1. The number of ketones is 2. The summed E-state index contributed by atoms with van der Waals surface area (Å²) in [5.74, 6) is -0.419. The van der Waals surface area contributed by atoms with Crippen LogP contribution in [0.4, 0.5) is 0 Å². The smallest absolute Gasteiger partial charge is 0.199 e. The van der Waals surface area contributed by atoms with E-state index in [4.69, 9.17) is 11.6 Å². The second-order valence-corrected chi connectivity index (χ2v) is 4.40. The van der Waals surface area contributed by atoms with Gasteiger partial charge in [0, 0.05) is 18.7 Å². The van der Waals surface area contributed by atoms with Crippen LogP contribution in [-0.2, 0) is 9.59 Å². The van der Waals surface area contributed by atoms with Crippen molar-refractivity contribution < 1.29 is 9.59 Å². The molecule has 0 unspecified atom stereocenters. The van der Waals surface area contributed by atoms with E-state index in [2.05, 4.69) is 0 Å². The standard InChI is InChI=1S/C9H15ClO2/c1-9(2,3)6-8(12)7(11)4-5-10/h4-6H2,1-3H3. The van der Waals surface area contributed by atoms with E-state index in [-0.39, 0.29) is 29.3 Å². The number of hydrogen-bond donors (Lipinski definition) is 0. The van der Waals surface area contributed by atoms with E-state index in [9.17, 15) is 9.59 Å². The largest absolute Gasteiger partial charge is 0.291 e. The summed E-state index contributed by atoms with van der Waals surface area (Å²) >= 11 is 5.34. The zero-order valence-electron chi connectivity index (χ0n) is 7.82. The van der Waals surface area contributed by atoms with Crippen molar-refractivity contribution in [3.05, 3.63) is 0 Å². The topological polar surface area (TPSA) is 34.1 Å². The second-order valence-electron chi connectivity index (χ2n) is 4.02. The molecule has 0 aromatic rings. The molecule has 0 saturated carbocycles. The Morgan fingerprint density at radius 1 is 1.17 bits per heavy atom. The third kappa shape index (κ3) is 5.30. The summed E-state index contributed by atoms with van der Waals surface area (Å²) < 4.78 is 0. The lowest BCUT2D eigenvalue weighted by atomic mass is 9.88. The SMILES string of the molecule is CC(C)(C)CC(=O)C(=O)CCCl. The van der Waals surface area contributed by atoms with Crippen LogP contribution in [0.2, 0.25) is 0 Å². The van der Waals surface area contributed by atoms with Crippen molar-refractivity contribution in [3.63, 3.8) is 0 Å².